The first-order valence-corrected chi connectivity index (χ1v) is 5.76. The molecule has 2 rings (SSSR count). The van der Waals surface area contributed by atoms with E-state index in [4.69, 9.17) is 15.2 Å². The minimum atomic E-state index is 0.445. The maximum absolute atomic E-state index is 5.60. The van der Waals surface area contributed by atoms with Gasteiger partial charge in [0, 0.05) is 5.69 Å². The second kappa shape index (κ2) is 5.86. The van der Waals surface area contributed by atoms with Crippen LogP contribution >= 0.6 is 0 Å². The average molecular weight is 245 g/mol. The lowest BCUT2D eigenvalue weighted by Gasteiger charge is -2.06. The van der Waals surface area contributed by atoms with Crippen molar-refractivity contribution in [2.75, 3.05) is 12.3 Å². The van der Waals surface area contributed by atoms with Gasteiger partial charge in [-0.3, -0.25) is 0 Å². The first kappa shape index (κ1) is 12.2. The zero-order valence-corrected chi connectivity index (χ0v) is 10.2. The lowest BCUT2D eigenvalue weighted by molar-refractivity contribution is 0.302. The highest BCUT2D eigenvalue weighted by Crippen LogP contribution is 2.22. The molecule has 0 atom stereocenters. The highest BCUT2D eigenvalue weighted by molar-refractivity contribution is 5.42. The van der Waals surface area contributed by atoms with E-state index in [0.717, 1.165) is 6.42 Å². The van der Waals surface area contributed by atoms with Crippen LogP contribution in [0.2, 0.25) is 0 Å². The molecule has 94 valence electrons. The highest BCUT2D eigenvalue weighted by Gasteiger charge is 2.02. The van der Waals surface area contributed by atoms with Crippen LogP contribution in [0.5, 0.6) is 17.5 Å². The van der Waals surface area contributed by atoms with E-state index in [1.54, 1.807) is 30.3 Å². The zero-order chi connectivity index (χ0) is 12.8. The third kappa shape index (κ3) is 3.35. The van der Waals surface area contributed by atoms with Gasteiger partial charge in [-0.1, -0.05) is 6.92 Å². The minimum Gasteiger partial charge on any atom is -0.477 e. The van der Waals surface area contributed by atoms with Crippen LogP contribution in [0.3, 0.4) is 0 Å². The van der Waals surface area contributed by atoms with E-state index in [1.165, 1.54) is 6.33 Å². The van der Waals surface area contributed by atoms with Crippen molar-refractivity contribution in [2.45, 2.75) is 13.3 Å². The van der Waals surface area contributed by atoms with Crippen molar-refractivity contribution in [2.24, 2.45) is 0 Å². The van der Waals surface area contributed by atoms with Gasteiger partial charge in [0.1, 0.15) is 12.1 Å². The third-order valence-corrected chi connectivity index (χ3v) is 2.17. The monoisotopic (exact) mass is 245 g/mol. The Hall–Kier alpha value is -2.30. The SMILES string of the molecule is CCCOc1cc(Oc2ccc(N)cc2)ncn1. The predicted molar refractivity (Wildman–Crippen MR) is 68.7 cm³/mol. The molecule has 0 spiro atoms. The molecule has 0 amide bonds. The van der Waals surface area contributed by atoms with Crippen molar-refractivity contribution in [3.63, 3.8) is 0 Å². The zero-order valence-electron chi connectivity index (χ0n) is 10.2. The summed E-state index contributed by atoms with van der Waals surface area (Å²) in [6, 6.07) is 8.76. The van der Waals surface area contributed by atoms with Crippen LogP contribution < -0.4 is 15.2 Å². The number of benzene rings is 1. The fourth-order valence-corrected chi connectivity index (χ4v) is 1.32. The van der Waals surface area contributed by atoms with Gasteiger partial charge < -0.3 is 15.2 Å². The average Bonchev–Trinajstić information content (AvgIpc) is 2.40. The first-order chi connectivity index (χ1) is 8.78. The Morgan fingerprint density at radius 2 is 1.83 bits per heavy atom. The van der Waals surface area contributed by atoms with Crippen LogP contribution in [-0.4, -0.2) is 16.6 Å². The molecule has 0 bridgehead atoms. The van der Waals surface area contributed by atoms with Gasteiger partial charge >= 0.3 is 0 Å². The van der Waals surface area contributed by atoms with Gasteiger partial charge in [0.2, 0.25) is 11.8 Å². The summed E-state index contributed by atoms with van der Waals surface area (Å²) in [6.45, 7) is 2.66. The molecule has 18 heavy (non-hydrogen) atoms. The van der Waals surface area contributed by atoms with Gasteiger partial charge in [-0.25, -0.2) is 9.97 Å². The topological polar surface area (TPSA) is 70.3 Å². The second-order valence-electron chi connectivity index (χ2n) is 3.71. The number of nitrogens with zero attached hydrogens (tertiary/aromatic N) is 2. The van der Waals surface area contributed by atoms with E-state index in [-0.39, 0.29) is 0 Å². The summed E-state index contributed by atoms with van der Waals surface area (Å²) in [7, 11) is 0. The summed E-state index contributed by atoms with van der Waals surface area (Å²) in [6.07, 6.45) is 2.34. The Labute approximate surface area is 106 Å². The number of nitrogen functional groups attached to an aromatic ring is 1. The number of aromatic nitrogens is 2. The molecule has 5 heteroatoms. The summed E-state index contributed by atoms with van der Waals surface area (Å²) in [4.78, 5) is 8.02. The molecular weight excluding hydrogens is 230 g/mol. The first-order valence-electron chi connectivity index (χ1n) is 5.76. The Balaban J connectivity index is 2.06. The molecule has 2 N–H and O–H groups in total. The van der Waals surface area contributed by atoms with Gasteiger partial charge in [-0.2, -0.15) is 0 Å². The lowest BCUT2D eigenvalue weighted by atomic mass is 10.3. The molecule has 1 heterocycles. The van der Waals surface area contributed by atoms with Crippen molar-refractivity contribution in [1.29, 1.82) is 0 Å². The molecule has 0 fully saturated rings. The molecule has 0 radical (unpaired) electrons. The van der Waals surface area contributed by atoms with E-state index in [0.29, 0.717) is 29.8 Å². The fraction of sp³-hybridized carbons (Fsp3) is 0.231. The fourth-order valence-electron chi connectivity index (χ4n) is 1.32. The van der Waals surface area contributed by atoms with Crippen LogP contribution in [0.1, 0.15) is 13.3 Å². The molecule has 5 nitrogen and oxygen atoms in total. The minimum absolute atomic E-state index is 0.445. The molecule has 0 aliphatic rings. The molecule has 0 saturated heterocycles. The van der Waals surface area contributed by atoms with Gasteiger partial charge in [0.15, 0.2) is 0 Å². The van der Waals surface area contributed by atoms with Crippen molar-refractivity contribution in [1.82, 2.24) is 9.97 Å². The number of hydrogen-bond acceptors (Lipinski definition) is 5. The van der Waals surface area contributed by atoms with Crippen LogP contribution in [0.4, 0.5) is 5.69 Å². The Bertz CT molecular complexity index is 500. The summed E-state index contributed by atoms with van der Waals surface area (Å²) in [5.41, 5.74) is 6.29. The molecule has 1 aromatic heterocycles. The van der Waals surface area contributed by atoms with E-state index < -0.39 is 0 Å². The quantitative estimate of drug-likeness (QED) is 0.820. The lowest BCUT2D eigenvalue weighted by Crippen LogP contribution is -1.98. The van der Waals surface area contributed by atoms with E-state index >= 15 is 0 Å². The number of anilines is 1. The largest absolute Gasteiger partial charge is 0.477 e. The normalized spacial score (nSPS) is 10.1. The van der Waals surface area contributed by atoms with Gasteiger partial charge in [-0.15, -0.1) is 0 Å². The van der Waals surface area contributed by atoms with E-state index in [1.807, 2.05) is 6.92 Å². The summed E-state index contributed by atoms with van der Waals surface area (Å²) in [5.74, 6) is 1.63. The van der Waals surface area contributed by atoms with Crippen LogP contribution in [0.25, 0.3) is 0 Å². The van der Waals surface area contributed by atoms with Crippen LogP contribution in [0.15, 0.2) is 36.7 Å². The van der Waals surface area contributed by atoms with Crippen LogP contribution in [0, 0.1) is 0 Å². The number of ether oxygens (including phenoxy) is 2. The standard InChI is InChI=1S/C13H15N3O2/c1-2-7-17-12-8-13(16-9-15-12)18-11-5-3-10(14)4-6-11/h3-6,8-9H,2,7,14H2,1H3. The molecule has 2 aromatic rings. The van der Waals surface area contributed by atoms with Crippen molar-refractivity contribution in [3.05, 3.63) is 36.7 Å². The van der Waals surface area contributed by atoms with Gasteiger partial charge in [0.25, 0.3) is 0 Å². The van der Waals surface area contributed by atoms with Crippen molar-refractivity contribution < 1.29 is 9.47 Å². The molecule has 0 aliphatic carbocycles. The van der Waals surface area contributed by atoms with E-state index in [9.17, 15) is 0 Å². The maximum Gasteiger partial charge on any atom is 0.226 e. The molecule has 0 aliphatic heterocycles. The second-order valence-corrected chi connectivity index (χ2v) is 3.71. The molecule has 1 aromatic carbocycles. The molecular formula is C13H15N3O2. The van der Waals surface area contributed by atoms with Crippen molar-refractivity contribution >= 4 is 5.69 Å². The number of rotatable bonds is 5. The Kier molecular flexibility index (Phi) is 3.96. The van der Waals surface area contributed by atoms with Crippen LogP contribution in [-0.2, 0) is 0 Å². The number of nitrogens with two attached hydrogens (primary N) is 1. The summed E-state index contributed by atoms with van der Waals surface area (Å²) >= 11 is 0. The maximum atomic E-state index is 5.60. The third-order valence-electron chi connectivity index (χ3n) is 2.17. The van der Waals surface area contributed by atoms with Gasteiger partial charge in [0.05, 0.1) is 12.7 Å². The van der Waals surface area contributed by atoms with E-state index in [2.05, 4.69) is 9.97 Å². The van der Waals surface area contributed by atoms with Gasteiger partial charge in [-0.05, 0) is 30.7 Å². The Morgan fingerprint density at radius 1 is 1.11 bits per heavy atom. The highest BCUT2D eigenvalue weighted by atomic mass is 16.5. The predicted octanol–water partition coefficient (Wildman–Crippen LogP) is 2.64. The smallest absolute Gasteiger partial charge is 0.226 e. The number of hydrogen-bond donors (Lipinski definition) is 1. The summed E-state index contributed by atoms with van der Waals surface area (Å²) in [5, 5.41) is 0. The summed E-state index contributed by atoms with van der Waals surface area (Å²) < 4.78 is 11.0. The Morgan fingerprint density at radius 3 is 2.56 bits per heavy atom. The van der Waals surface area contributed by atoms with Crippen molar-refractivity contribution in [3.8, 4) is 17.5 Å². The molecule has 0 saturated carbocycles. The molecule has 0 unspecified atom stereocenters.